The lowest BCUT2D eigenvalue weighted by atomic mass is 10.7. The Labute approximate surface area is 66.2 Å². The molecule has 0 saturated carbocycles. The van der Waals surface area contributed by atoms with E-state index in [1.165, 1.54) is 7.11 Å². The van der Waals surface area contributed by atoms with Crippen LogP contribution in [0, 0.1) is 0 Å². The molecule has 0 unspecified atom stereocenters. The molecule has 3 N–H and O–H groups in total. The third kappa shape index (κ3) is 25.9. The summed E-state index contributed by atoms with van der Waals surface area (Å²) >= 11 is 0. The van der Waals surface area contributed by atoms with Gasteiger partial charge in [-0.1, -0.05) is 0 Å². The van der Waals surface area contributed by atoms with Gasteiger partial charge in [0.05, 0.1) is 26.4 Å². The summed E-state index contributed by atoms with van der Waals surface area (Å²) in [5.74, 6) is 0. The zero-order valence-corrected chi connectivity index (χ0v) is 6.69. The Morgan fingerprint density at radius 2 is 1.36 bits per heavy atom. The van der Waals surface area contributed by atoms with E-state index >= 15 is 0 Å². The lowest BCUT2D eigenvalue weighted by Gasteiger charge is -1.94. The summed E-state index contributed by atoms with van der Waals surface area (Å²) in [4.78, 5) is 0. The second-order valence-corrected chi connectivity index (χ2v) is 1.48. The number of rotatable bonds is 5. The van der Waals surface area contributed by atoms with Crippen LogP contribution >= 0.6 is 0 Å². The van der Waals surface area contributed by atoms with Crippen LogP contribution in [0.15, 0.2) is 0 Å². The van der Waals surface area contributed by atoms with E-state index in [2.05, 4.69) is 9.47 Å². The molecular weight excluding hydrogens is 152 g/mol. The third-order valence-corrected chi connectivity index (χ3v) is 0.600. The fourth-order valence-corrected chi connectivity index (χ4v) is 0.231. The summed E-state index contributed by atoms with van der Waals surface area (Å²) in [5.41, 5.74) is 0. The lowest BCUT2D eigenvalue weighted by molar-refractivity contribution is 0.0325. The zero-order valence-electron chi connectivity index (χ0n) is 6.69. The van der Waals surface area contributed by atoms with Crippen molar-refractivity contribution in [2.24, 2.45) is 0 Å². The highest BCUT2D eigenvalue weighted by Gasteiger charge is 1.79. The summed E-state index contributed by atoms with van der Waals surface area (Å²) in [6.45, 7) is 0.515. The molecule has 0 aromatic rings. The van der Waals surface area contributed by atoms with Gasteiger partial charge in [-0.2, -0.15) is 0 Å². The van der Waals surface area contributed by atoms with Gasteiger partial charge in [0.15, 0.2) is 0 Å². The Morgan fingerprint density at radius 1 is 1.00 bits per heavy atom. The molecular formula is C6H16O5. The molecule has 0 amide bonds. The topological polar surface area (TPSA) is 79.2 Å². The Balaban J connectivity index is 0. The predicted octanol–water partition coefficient (Wildman–Crippen LogP) is -1.43. The average Bonchev–Trinajstić information content (AvgIpc) is 2.06. The average molecular weight is 168 g/mol. The smallest absolute Gasteiger partial charge is 0.143 e. The van der Waals surface area contributed by atoms with Crippen LogP contribution in [0.2, 0.25) is 0 Å². The highest BCUT2D eigenvalue weighted by molar-refractivity contribution is 4.24. The largest absolute Gasteiger partial charge is 0.394 e. The maximum Gasteiger partial charge on any atom is 0.143 e. The van der Waals surface area contributed by atoms with E-state index in [9.17, 15) is 0 Å². The first kappa shape index (κ1) is 13.4. The van der Waals surface area contributed by atoms with E-state index in [0.717, 1.165) is 0 Å². The van der Waals surface area contributed by atoms with Crippen molar-refractivity contribution in [3.05, 3.63) is 0 Å². The van der Waals surface area contributed by atoms with Crippen LogP contribution in [-0.4, -0.2) is 55.6 Å². The van der Waals surface area contributed by atoms with Gasteiger partial charge >= 0.3 is 0 Å². The second-order valence-electron chi connectivity index (χ2n) is 1.48. The highest BCUT2D eigenvalue weighted by Crippen LogP contribution is 1.68. The monoisotopic (exact) mass is 168 g/mol. The van der Waals surface area contributed by atoms with E-state index in [0.29, 0.717) is 13.2 Å². The van der Waals surface area contributed by atoms with Gasteiger partial charge in [0.2, 0.25) is 0 Å². The first-order valence-corrected chi connectivity index (χ1v) is 3.22. The van der Waals surface area contributed by atoms with Crippen molar-refractivity contribution in [3.8, 4) is 0 Å². The number of aliphatic hydroxyl groups excluding tert-OH is 3. The van der Waals surface area contributed by atoms with Gasteiger partial charge in [0, 0.05) is 7.11 Å². The fraction of sp³-hybridized carbons (Fsp3) is 1.00. The van der Waals surface area contributed by atoms with Crippen molar-refractivity contribution in [3.63, 3.8) is 0 Å². The van der Waals surface area contributed by atoms with Crippen LogP contribution in [0.1, 0.15) is 0 Å². The van der Waals surface area contributed by atoms with Gasteiger partial charge in [-0.3, -0.25) is 0 Å². The normalized spacial score (nSPS) is 8.73. The Bertz CT molecular complexity index is 44.2. The minimum Gasteiger partial charge on any atom is -0.394 e. The van der Waals surface area contributed by atoms with Crippen LogP contribution in [0.5, 0.6) is 0 Å². The summed E-state index contributed by atoms with van der Waals surface area (Å²) in [6.07, 6.45) is 0. The first-order valence-electron chi connectivity index (χ1n) is 3.22. The standard InChI is InChI=1S/C4H10O3.C2H6O2/c5-1-3-7-4-2-6;1-4-2-3/h5-6H,1-4H2;3H,2H2,1H3. The number of aliphatic hydroxyl groups is 3. The highest BCUT2D eigenvalue weighted by atomic mass is 16.6. The van der Waals surface area contributed by atoms with Crippen molar-refractivity contribution in [2.45, 2.75) is 0 Å². The molecule has 0 aromatic heterocycles. The molecule has 0 fully saturated rings. The Morgan fingerprint density at radius 3 is 1.55 bits per heavy atom. The SMILES string of the molecule is COCO.OCCOCCO. The molecule has 0 rings (SSSR count). The van der Waals surface area contributed by atoms with Gasteiger partial charge in [0.1, 0.15) is 6.79 Å². The molecule has 0 aromatic carbocycles. The van der Waals surface area contributed by atoms with E-state index in [4.69, 9.17) is 15.3 Å². The van der Waals surface area contributed by atoms with Gasteiger partial charge in [-0.05, 0) is 0 Å². The number of hydrogen-bond donors (Lipinski definition) is 3. The second kappa shape index (κ2) is 16.4. The zero-order chi connectivity index (χ0) is 8.95. The molecule has 0 spiro atoms. The molecule has 0 radical (unpaired) electrons. The minimum atomic E-state index is -0.181. The van der Waals surface area contributed by atoms with E-state index < -0.39 is 0 Å². The van der Waals surface area contributed by atoms with Gasteiger partial charge < -0.3 is 24.8 Å². The molecule has 0 aliphatic heterocycles. The molecule has 5 heteroatoms. The van der Waals surface area contributed by atoms with Gasteiger partial charge in [0.25, 0.3) is 0 Å². The van der Waals surface area contributed by atoms with E-state index in [1.807, 2.05) is 0 Å². The Hall–Kier alpha value is -0.200. The van der Waals surface area contributed by atoms with Crippen LogP contribution in [0.25, 0.3) is 0 Å². The molecule has 0 bridgehead atoms. The molecule has 11 heavy (non-hydrogen) atoms. The van der Waals surface area contributed by atoms with Crippen LogP contribution in [0.4, 0.5) is 0 Å². The van der Waals surface area contributed by atoms with Crippen molar-refractivity contribution in [1.82, 2.24) is 0 Å². The Kier molecular flexibility index (Phi) is 20.0. The maximum absolute atomic E-state index is 8.09. The molecule has 0 atom stereocenters. The maximum atomic E-state index is 8.09. The summed E-state index contributed by atoms with van der Waals surface area (Å²) in [5, 5.41) is 23.8. The third-order valence-electron chi connectivity index (χ3n) is 0.600. The molecule has 0 aliphatic carbocycles. The van der Waals surface area contributed by atoms with Crippen molar-refractivity contribution < 1.29 is 24.8 Å². The van der Waals surface area contributed by atoms with Crippen molar-refractivity contribution in [2.75, 3.05) is 40.3 Å². The van der Waals surface area contributed by atoms with Crippen molar-refractivity contribution >= 4 is 0 Å². The minimum absolute atomic E-state index is 0.0278. The predicted molar refractivity (Wildman–Crippen MR) is 39.1 cm³/mol. The molecule has 0 saturated heterocycles. The van der Waals surface area contributed by atoms with Crippen molar-refractivity contribution in [1.29, 1.82) is 0 Å². The molecule has 70 valence electrons. The van der Waals surface area contributed by atoms with Crippen LogP contribution in [-0.2, 0) is 9.47 Å². The van der Waals surface area contributed by atoms with Crippen LogP contribution < -0.4 is 0 Å². The number of hydrogen-bond acceptors (Lipinski definition) is 5. The fourth-order valence-electron chi connectivity index (χ4n) is 0.231. The molecule has 5 nitrogen and oxygen atoms in total. The number of ether oxygens (including phenoxy) is 2. The van der Waals surface area contributed by atoms with E-state index in [-0.39, 0.29) is 20.0 Å². The number of methoxy groups -OCH3 is 1. The van der Waals surface area contributed by atoms with Gasteiger partial charge in [-0.25, -0.2) is 0 Å². The van der Waals surface area contributed by atoms with Gasteiger partial charge in [-0.15, -0.1) is 0 Å². The molecule has 0 heterocycles. The summed E-state index contributed by atoms with van der Waals surface area (Å²) in [6, 6.07) is 0. The quantitative estimate of drug-likeness (QED) is 0.346. The first-order chi connectivity index (χ1) is 5.33. The summed E-state index contributed by atoms with van der Waals surface area (Å²) in [7, 11) is 1.43. The lowest BCUT2D eigenvalue weighted by Crippen LogP contribution is -2.03. The van der Waals surface area contributed by atoms with Crippen LogP contribution in [0.3, 0.4) is 0 Å². The van der Waals surface area contributed by atoms with E-state index in [1.54, 1.807) is 0 Å². The molecule has 0 aliphatic rings. The summed E-state index contributed by atoms with van der Waals surface area (Å²) < 4.78 is 8.73.